The van der Waals surface area contributed by atoms with Gasteiger partial charge in [-0.1, -0.05) is 43.5 Å². The van der Waals surface area contributed by atoms with E-state index in [2.05, 4.69) is 60.9 Å². The summed E-state index contributed by atoms with van der Waals surface area (Å²) in [5.41, 5.74) is 7.00. The molecule has 2 atom stereocenters. The Bertz CT molecular complexity index is 823. The van der Waals surface area contributed by atoms with E-state index in [0.29, 0.717) is 0 Å². The standard InChI is InChI=1S/C25H33ClN2/c1-18-5-4-6-21(18)15-22-16-24(10-8-19(22)2)27-11-13-28(14-12-27)25-17-23(26)9-7-20(25)3/h7-10,16-18,21H,4-6,11-15H2,1-3H3. The summed E-state index contributed by atoms with van der Waals surface area (Å²) in [6.07, 6.45) is 5.48. The van der Waals surface area contributed by atoms with E-state index in [1.165, 1.54) is 48.2 Å². The van der Waals surface area contributed by atoms with Crippen molar-refractivity contribution in [2.75, 3.05) is 36.0 Å². The molecule has 2 aromatic carbocycles. The molecule has 2 unspecified atom stereocenters. The van der Waals surface area contributed by atoms with Crippen LogP contribution < -0.4 is 9.80 Å². The van der Waals surface area contributed by atoms with Gasteiger partial charge >= 0.3 is 0 Å². The van der Waals surface area contributed by atoms with E-state index in [1.807, 2.05) is 6.07 Å². The number of piperazine rings is 1. The van der Waals surface area contributed by atoms with E-state index in [1.54, 1.807) is 5.56 Å². The van der Waals surface area contributed by atoms with Crippen LogP contribution in [0.2, 0.25) is 5.02 Å². The maximum atomic E-state index is 6.24. The maximum Gasteiger partial charge on any atom is 0.0426 e. The summed E-state index contributed by atoms with van der Waals surface area (Å²) in [4.78, 5) is 5.03. The van der Waals surface area contributed by atoms with Gasteiger partial charge in [0.25, 0.3) is 0 Å². The van der Waals surface area contributed by atoms with Crippen molar-refractivity contribution in [3.05, 3.63) is 58.1 Å². The molecule has 2 nitrogen and oxygen atoms in total. The third kappa shape index (κ3) is 4.17. The minimum Gasteiger partial charge on any atom is -0.368 e. The quantitative estimate of drug-likeness (QED) is 0.601. The molecule has 2 aromatic rings. The second-order valence-corrected chi connectivity index (χ2v) is 9.32. The number of hydrogen-bond donors (Lipinski definition) is 0. The van der Waals surface area contributed by atoms with Crippen molar-refractivity contribution in [3.63, 3.8) is 0 Å². The first-order chi connectivity index (χ1) is 13.5. The van der Waals surface area contributed by atoms with Gasteiger partial charge in [0.2, 0.25) is 0 Å². The fourth-order valence-electron chi connectivity index (χ4n) is 5.01. The van der Waals surface area contributed by atoms with Crippen molar-refractivity contribution in [2.24, 2.45) is 11.8 Å². The van der Waals surface area contributed by atoms with Crippen molar-refractivity contribution in [2.45, 2.75) is 46.5 Å². The van der Waals surface area contributed by atoms with E-state index in [4.69, 9.17) is 11.6 Å². The van der Waals surface area contributed by atoms with Crippen LogP contribution in [-0.2, 0) is 6.42 Å². The van der Waals surface area contributed by atoms with Crippen LogP contribution in [-0.4, -0.2) is 26.2 Å². The second kappa shape index (κ2) is 8.37. The van der Waals surface area contributed by atoms with E-state index >= 15 is 0 Å². The summed E-state index contributed by atoms with van der Waals surface area (Å²) in [6, 6.07) is 13.3. The molecule has 1 heterocycles. The number of aryl methyl sites for hydroxylation is 2. The molecule has 4 rings (SSSR count). The van der Waals surface area contributed by atoms with Crippen molar-refractivity contribution < 1.29 is 0 Å². The van der Waals surface area contributed by atoms with Crippen LogP contribution in [0.1, 0.15) is 42.9 Å². The Labute approximate surface area is 175 Å². The molecule has 0 N–H and O–H groups in total. The fraction of sp³-hybridized carbons (Fsp3) is 0.520. The third-order valence-electron chi connectivity index (χ3n) is 7.01. The van der Waals surface area contributed by atoms with E-state index in [-0.39, 0.29) is 0 Å². The SMILES string of the molecule is Cc1ccc(N2CCN(c3cc(Cl)ccc3C)CC2)cc1CC1CCCC1C. The fourth-order valence-corrected chi connectivity index (χ4v) is 5.18. The van der Waals surface area contributed by atoms with Gasteiger partial charge in [0, 0.05) is 42.6 Å². The molecule has 0 amide bonds. The molecule has 0 bridgehead atoms. The highest BCUT2D eigenvalue weighted by atomic mass is 35.5. The molecule has 28 heavy (non-hydrogen) atoms. The van der Waals surface area contributed by atoms with Crippen LogP contribution in [0.5, 0.6) is 0 Å². The van der Waals surface area contributed by atoms with Crippen LogP contribution in [0, 0.1) is 25.7 Å². The Kier molecular flexibility index (Phi) is 5.87. The largest absolute Gasteiger partial charge is 0.368 e. The zero-order valence-corrected chi connectivity index (χ0v) is 18.3. The molecule has 2 fully saturated rings. The highest BCUT2D eigenvalue weighted by Crippen LogP contribution is 2.35. The molecule has 0 aromatic heterocycles. The third-order valence-corrected chi connectivity index (χ3v) is 7.25. The van der Waals surface area contributed by atoms with Gasteiger partial charge in [0.15, 0.2) is 0 Å². The molecular formula is C25H33ClN2. The average Bonchev–Trinajstić information content (AvgIpc) is 3.10. The van der Waals surface area contributed by atoms with Gasteiger partial charge in [0.1, 0.15) is 0 Å². The van der Waals surface area contributed by atoms with Gasteiger partial charge in [-0.2, -0.15) is 0 Å². The molecule has 0 radical (unpaired) electrons. The Balaban J connectivity index is 1.44. The van der Waals surface area contributed by atoms with Crippen LogP contribution in [0.15, 0.2) is 36.4 Å². The monoisotopic (exact) mass is 396 g/mol. The molecule has 1 aliphatic heterocycles. The van der Waals surface area contributed by atoms with Crippen LogP contribution in [0.25, 0.3) is 0 Å². The summed E-state index contributed by atoms with van der Waals surface area (Å²) in [7, 11) is 0. The van der Waals surface area contributed by atoms with E-state index in [0.717, 1.165) is 43.0 Å². The lowest BCUT2D eigenvalue weighted by Crippen LogP contribution is -2.46. The number of rotatable bonds is 4. The molecule has 150 valence electrons. The Hall–Kier alpha value is -1.67. The predicted octanol–water partition coefficient (Wildman–Crippen LogP) is 6.26. The first kappa shape index (κ1) is 19.6. The van der Waals surface area contributed by atoms with Crippen LogP contribution >= 0.6 is 11.6 Å². The summed E-state index contributed by atoms with van der Waals surface area (Å²) in [6.45, 7) is 11.1. The van der Waals surface area contributed by atoms with Gasteiger partial charge in [-0.25, -0.2) is 0 Å². The van der Waals surface area contributed by atoms with Crippen LogP contribution in [0.3, 0.4) is 0 Å². The van der Waals surface area contributed by atoms with Gasteiger partial charge in [-0.05, 0) is 79.5 Å². The molecular weight excluding hydrogens is 364 g/mol. The number of anilines is 2. The van der Waals surface area contributed by atoms with Crippen molar-refractivity contribution in [1.29, 1.82) is 0 Å². The Morgan fingerprint density at radius 2 is 1.61 bits per heavy atom. The van der Waals surface area contributed by atoms with Gasteiger partial charge in [0.05, 0.1) is 0 Å². The first-order valence-corrected chi connectivity index (χ1v) is 11.2. The molecule has 2 aliphatic rings. The minimum atomic E-state index is 0.826. The van der Waals surface area contributed by atoms with Crippen molar-refractivity contribution >= 4 is 23.0 Å². The van der Waals surface area contributed by atoms with Gasteiger partial charge < -0.3 is 9.80 Å². The summed E-state index contributed by atoms with van der Waals surface area (Å²) >= 11 is 6.24. The smallest absolute Gasteiger partial charge is 0.0426 e. The molecule has 1 saturated heterocycles. The van der Waals surface area contributed by atoms with Gasteiger partial charge in [-0.3, -0.25) is 0 Å². The highest BCUT2D eigenvalue weighted by Gasteiger charge is 2.25. The normalized spacial score (nSPS) is 22.7. The summed E-state index contributed by atoms with van der Waals surface area (Å²) < 4.78 is 0. The zero-order valence-electron chi connectivity index (χ0n) is 17.5. The lowest BCUT2D eigenvalue weighted by Gasteiger charge is -2.38. The molecule has 3 heteroatoms. The van der Waals surface area contributed by atoms with Crippen molar-refractivity contribution in [1.82, 2.24) is 0 Å². The number of benzene rings is 2. The number of nitrogens with zero attached hydrogens (tertiary/aromatic N) is 2. The molecule has 1 aliphatic carbocycles. The average molecular weight is 397 g/mol. The van der Waals surface area contributed by atoms with Crippen LogP contribution in [0.4, 0.5) is 11.4 Å². The van der Waals surface area contributed by atoms with E-state index in [9.17, 15) is 0 Å². The maximum absolute atomic E-state index is 6.24. The Morgan fingerprint density at radius 3 is 2.32 bits per heavy atom. The van der Waals surface area contributed by atoms with Gasteiger partial charge in [-0.15, -0.1) is 0 Å². The van der Waals surface area contributed by atoms with Crippen molar-refractivity contribution in [3.8, 4) is 0 Å². The zero-order chi connectivity index (χ0) is 19.7. The second-order valence-electron chi connectivity index (χ2n) is 8.89. The summed E-state index contributed by atoms with van der Waals surface area (Å²) in [5.74, 6) is 1.75. The first-order valence-electron chi connectivity index (χ1n) is 10.9. The highest BCUT2D eigenvalue weighted by molar-refractivity contribution is 6.30. The lowest BCUT2D eigenvalue weighted by atomic mass is 9.89. The Morgan fingerprint density at radius 1 is 0.893 bits per heavy atom. The summed E-state index contributed by atoms with van der Waals surface area (Å²) in [5, 5.41) is 0.826. The minimum absolute atomic E-state index is 0.826. The van der Waals surface area contributed by atoms with E-state index < -0.39 is 0 Å². The number of halogens is 1. The lowest BCUT2D eigenvalue weighted by molar-refractivity contribution is 0.416. The predicted molar refractivity (Wildman–Crippen MR) is 122 cm³/mol. The topological polar surface area (TPSA) is 6.48 Å². The number of hydrogen-bond acceptors (Lipinski definition) is 2. The molecule has 0 spiro atoms. The molecule has 1 saturated carbocycles.